The van der Waals surface area contributed by atoms with Crippen molar-refractivity contribution in [3.05, 3.63) is 0 Å². The van der Waals surface area contributed by atoms with Crippen LogP contribution in [-0.4, -0.2) is 48.3 Å². The second kappa shape index (κ2) is 9.13. The zero-order chi connectivity index (χ0) is 11.7. The number of likely N-dealkylation sites (N-methyl/N-ethyl adjacent to an activating group) is 1. The Labute approximate surface area is 94.9 Å². The monoisotopic (exact) mass is 216 g/mol. The lowest BCUT2D eigenvalue weighted by atomic mass is 10.1. The van der Waals surface area contributed by atoms with Gasteiger partial charge in [0.1, 0.15) is 0 Å². The molecule has 0 aliphatic heterocycles. The molecule has 0 fully saturated rings. The quantitative estimate of drug-likeness (QED) is 0.612. The van der Waals surface area contributed by atoms with Crippen molar-refractivity contribution in [2.45, 2.75) is 52.6 Å². The van der Waals surface area contributed by atoms with Gasteiger partial charge in [0.05, 0.1) is 0 Å². The molecule has 0 heterocycles. The molecule has 0 saturated carbocycles. The van der Waals surface area contributed by atoms with Gasteiger partial charge in [0.25, 0.3) is 0 Å². The Morgan fingerprint density at radius 2 is 1.93 bits per heavy atom. The molecule has 0 rings (SSSR count). The minimum atomic E-state index is 0.274. The summed E-state index contributed by atoms with van der Waals surface area (Å²) in [5.74, 6) is 0. The summed E-state index contributed by atoms with van der Waals surface area (Å²) in [5, 5.41) is 12.4. The van der Waals surface area contributed by atoms with Gasteiger partial charge in [-0.1, -0.05) is 13.8 Å². The summed E-state index contributed by atoms with van der Waals surface area (Å²) < 4.78 is 0. The number of rotatable bonds is 9. The highest BCUT2D eigenvalue weighted by Gasteiger charge is 2.14. The van der Waals surface area contributed by atoms with E-state index in [-0.39, 0.29) is 6.61 Å². The van der Waals surface area contributed by atoms with E-state index in [1.54, 1.807) is 0 Å². The van der Waals surface area contributed by atoms with E-state index in [0.29, 0.717) is 12.1 Å². The number of hydrogen-bond donors (Lipinski definition) is 2. The highest BCUT2D eigenvalue weighted by molar-refractivity contribution is 4.73. The average molecular weight is 216 g/mol. The standard InChI is InChI=1S/C12H28N2O/c1-5-8-14(11(3)4)10-12(7-9-15)13-6-2/h11-13,15H,5-10H2,1-4H3. The van der Waals surface area contributed by atoms with Gasteiger partial charge in [0.2, 0.25) is 0 Å². The molecule has 2 N–H and O–H groups in total. The summed E-state index contributed by atoms with van der Waals surface area (Å²) in [6.07, 6.45) is 2.04. The summed E-state index contributed by atoms with van der Waals surface area (Å²) in [5.41, 5.74) is 0. The predicted octanol–water partition coefficient (Wildman–Crippen LogP) is 1.47. The van der Waals surface area contributed by atoms with Gasteiger partial charge in [-0.05, 0) is 39.8 Å². The van der Waals surface area contributed by atoms with Crippen molar-refractivity contribution in [3.8, 4) is 0 Å². The van der Waals surface area contributed by atoms with Crippen LogP contribution in [0, 0.1) is 0 Å². The lowest BCUT2D eigenvalue weighted by Crippen LogP contribution is -2.44. The SMILES string of the molecule is CCCN(CC(CCO)NCC)C(C)C. The van der Waals surface area contributed by atoms with Crippen molar-refractivity contribution in [2.24, 2.45) is 0 Å². The minimum absolute atomic E-state index is 0.274. The molecule has 0 spiro atoms. The van der Waals surface area contributed by atoms with Crippen molar-refractivity contribution in [1.29, 1.82) is 0 Å². The molecule has 0 aromatic heterocycles. The number of aliphatic hydroxyl groups excluding tert-OH is 1. The second-order valence-corrected chi connectivity index (χ2v) is 4.36. The molecule has 15 heavy (non-hydrogen) atoms. The van der Waals surface area contributed by atoms with E-state index in [9.17, 15) is 0 Å². The van der Waals surface area contributed by atoms with E-state index in [1.165, 1.54) is 6.42 Å². The molecule has 3 heteroatoms. The molecule has 0 amide bonds. The second-order valence-electron chi connectivity index (χ2n) is 4.36. The third kappa shape index (κ3) is 6.88. The van der Waals surface area contributed by atoms with E-state index in [0.717, 1.165) is 26.1 Å². The fraction of sp³-hybridized carbons (Fsp3) is 1.00. The molecular formula is C12H28N2O. The molecule has 0 aliphatic carbocycles. The van der Waals surface area contributed by atoms with E-state index in [1.807, 2.05) is 0 Å². The number of aliphatic hydroxyl groups is 1. The Hall–Kier alpha value is -0.120. The molecular weight excluding hydrogens is 188 g/mol. The smallest absolute Gasteiger partial charge is 0.0446 e. The zero-order valence-electron chi connectivity index (χ0n) is 10.8. The fourth-order valence-electron chi connectivity index (χ4n) is 1.83. The molecule has 0 aliphatic rings. The van der Waals surface area contributed by atoms with Crippen LogP contribution in [0.1, 0.15) is 40.5 Å². The molecule has 3 nitrogen and oxygen atoms in total. The van der Waals surface area contributed by atoms with Crippen LogP contribution in [0.4, 0.5) is 0 Å². The predicted molar refractivity (Wildman–Crippen MR) is 66.2 cm³/mol. The van der Waals surface area contributed by atoms with Gasteiger partial charge < -0.3 is 10.4 Å². The molecule has 0 aromatic carbocycles. The summed E-state index contributed by atoms with van der Waals surface area (Å²) >= 11 is 0. The van der Waals surface area contributed by atoms with Gasteiger partial charge in [-0.15, -0.1) is 0 Å². The molecule has 0 radical (unpaired) electrons. The summed E-state index contributed by atoms with van der Waals surface area (Å²) in [4.78, 5) is 2.48. The minimum Gasteiger partial charge on any atom is -0.396 e. The summed E-state index contributed by atoms with van der Waals surface area (Å²) in [7, 11) is 0. The lowest BCUT2D eigenvalue weighted by molar-refractivity contribution is 0.178. The number of nitrogens with one attached hydrogen (secondary N) is 1. The van der Waals surface area contributed by atoms with Gasteiger partial charge >= 0.3 is 0 Å². The van der Waals surface area contributed by atoms with Gasteiger partial charge in [-0.3, -0.25) is 4.90 Å². The molecule has 1 atom stereocenters. The number of nitrogens with zero attached hydrogens (tertiary/aromatic N) is 1. The van der Waals surface area contributed by atoms with E-state index < -0.39 is 0 Å². The first kappa shape index (κ1) is 14.9. The van der Waals surface area contributed by atoms with Crippen molar-refractivity contribution in [3.63, 3.8) is 0 Å². The van der Waals surface area contributed by atoms with E-state index in [4.69, 9.17) is 5.11 Å². The first-order valence-electron chi connectivity index (χ1n) is 6.23. The average Bonchev–Trinajstić information content (AvgIpc) is 2.17. The molecule has 0 aromatic rings. The van der Waals surface area contributed by atoms with Gasteiger partial charge in [-0.2, -0.15) is 0 Å². The Bertz CT molecular complexity index is 134. The van der Waals surface area contributed by atoms with E-state index in [2.05, 4.69) is 37.9 Å². The number of hydrogen-bond acceptors (Lipinski definition) is 3. The maximum atomic E-state index is 8.99. The van der Waals surface area contributed by atoms with Crippen LogP contribution in [0.25, 0.3) is 0 Å². The summed E-state index contributed by atoms with van der Waals surface area (Å²) in [6.45, 7) is 12.2. The van der Waals surface area contributed by atoms with Crippen molar-refractivity contribution in [1.82, 2.24) is 10.2 Å². The molecule has 92 valence electrons. The van der Waals surface area contributed by atoms with Crippen molar-refractivity contribution in [2.75, 3.05) is 26.2 Å². The molecule has 0 bridgehead atoms. The van der Waals surface area contributed by atoms with Crippen LogP contribution in [0.5, 0.6) is 0 Å². The first-order valence-corrected chi connectivity index (χ1v) is 6.23. The van der Waals surface area contributed by atoms with Crippen molar-refractivity contribution < 1.29 is 5.11 Å². The van der Waals surface area contributed by atoms with Crippen molar-refractivity contribution >= 4 is 0 Å². The normalized spacial score (nSPS) is 13.8. The third-order valence-electron chi connectivity index (χ3n) is 2.67. The van der Waals surface area contributed by atoms with E-state index >= 15 is 0 Å². The zero-order valence-corrected chi connectivity index (χ0v) is 10.8. The van der Waals surface area contributed by atoms with Crippen LogP contribution >= 0.6 is 0 Å². The van der Waals surface area contributed by atoms with Crippen LogP contribution in [0.3, 0.4) is 0 Å². The molecule has 1 unspecified atom stereocenters. The summed E-state index contributed by atoms with van der Waals surface area (Å²) in [6, 6.07) is 1.01. The highest BCUT2D eigenvalue weighted by atomic mass is 16.3. The third-order valence-corrected chi connectivity index (χ3v) is 2.67. The Kier molecular flexibility index (Phi) is 9.06. The lowest BCUT2D eigenvalue weighted by Gasteiger charge is -2.30. The maximum absolute atomic E-state index is 8.99. The topological polar surface area (TPSA) is 35.5 Å². The Morgan fingerprint density at radius 3 is 2.33 bits per heavy atom. The first-order chi connectivity index (χ1) is 7.15. The maximum Gasteiger partial charge on any atom is 0.0446 e. The van der Waals surface area contributed by atoms with Crippen LogP contribution in [-0.2, 0) is 0 Å². The molecule has 0 saturated heterocycles. The highest BCUT2D eigenvalue weighted by Crippen LogP contribution is 2.03. The van der Waals surface area contributed by atoms with Gasteiger partial charge in [-0.25, -0.2) is 0 Å². The van der Waals surface area contributed by atoms with Crippen LogP contribution < -0.4 is 5.32 Å². The van der Waals surface area contributed by atoms with Gasteiger partial charge in [0, 0.05) is 25.2 Å². The van der Waals surface area contributed by atoms with Gasteiger partial charge in [0.15, 0.2) is 0 Å². The Balaban J connectivity index is 4.06. The largest absolute Gasteiger partial charge is 0.396 e. The fourth-order valence-corrected chi connectivity index (χ4v) is 1.83. The van der Waals surface area contributed by atoms with Crippen LogP contribution in [0.15, 0.2) is 0 Å². The van der Waals surface area contributed by atoms with Crippen LogP contribution in [0.2, 0.25) is 0 Å². The Morgan fingerprint density at radius 1 is 1.27 bits per heavy atom.